The van der Waals surface area contributed by atoms with Crippen LogP contribution in [-0.4, -0.2) is 22.1 Å². The number of ether oxygens (including phenoxy) is 2. The monoisotopic (exact) mass is 445 g/mol. The third-order valence-electron chi connectivity index (χ3n) is 5.26. The first-order valence-corrected chi connectivity index (χ1v) is 10.2. The molecule has 166 valence electrons. The maximum absolute atomic E-state index is 12.0. The van der Waals surface area contributed by atoms with Crippen molar-refractivity contribution >= 4 is 21.9 Å². The van der Waals surface area contributed by atoms with Gasteiger partial charge in [0.15, 0.2) is 0 Å². The van der Waals surface area contributed by atoms with Crippen molar-refractivity contribution in [2.75, 3.05) is 7.11 Å². The van der Waals surface area contributed by atoms with E-state index in [0.29, 0.717) is 34.9 Å². The summed E-state index contributed by atoms with van der Waals surface area (Å²) in [7, 11) is 1.58. The van der Waals surface area contributed by atoms with Gasteiger partial charge in [-0.3, -0.25) is 0 Å². The summed E-state index contributed by atoms with van der Waals surface area (Å²) in [5, 5.41) is 9.89. The van der Waals surface area contributed by atoms with E-state index in [1.807, 2.05) is 25.1 Å². The molecule has 5 aromatic rings. The van der Waals surface area contributed by atoms with E-state index >= 15 is 0 Å². The van der Waals surface area contributed by atoms with Crippen LogP contribution in [0, 0.1) is 6.92 Å². The number of hydrogen-bond acceptors (Lipinski definition) is 8. The molecule has 5 rings (SSSR count). The fourth-order valence-electron chi connectivity index (χ4n) is 3.67. The first-order valence-electron chi connectivity index (χ1n) is 10.2. The molecular weight excluding hydrogens is 426 g/mol. The Balaban J connectivity index is 1.35. The summed E-state index contributed by atoms with van der Waals surface area (Å²) in [5.74, 6) is 1.20. The summed E-state index contributed by atoms with van der Waals surface area (Å²) in [6.45, 7) is 2.35. The topological polar surface area (TPSA) is 110 Å². The Morgan fingerprint density at radius 3 is 2.55 bits per heavy atom. The van der Waals surface area contributed by atoms with E-state index < -0.39 is 11.3 Å². The van der Waals surface area contributed by atoms with Gasteiger partial charge in [0.25, 0.3) is 0 Å². The molecule has 0 atom stereocenters. The van der Waals surface area contributed by atoms with Crippen molar-refractivity contribution < 1.29 is 18.3 Å². The number of nitrogens with zero attached hydrogens (tertiary/aromatic N) is 3. The molecule has 0 N–H and O–H groups in total. The molecule has 0 aliphatic heterocycles. The highest BCUT2D eigenvalue weighted by molar-refractivity contribution is 5.82. The van der Waals surface area contributed by atoms with Crippen LogP contribution in [0.5, 0.6) is 11.5 Å². The minimum Gasteiger partial charge on any atom is -0.497 e. The molecule has 0 unspecified atom stereocenters. The molecular formula is C24H19N3O6. The van der Waals surface area contributed by atoms with Crippen molar-refractivity contribution in [3.8, 4) is 11.5 Å². The second-order valence-electron chi connectivity index (χ2n) is 7.56. The highest BCUT2D eigenvalue weighted by Gasteiger charge is 2.10. The van der Waals surface area contributed by atoms with Crippen LogP contribution in [-0.2, 0) is 13.2 Å². The fraction of sp³-hybridized carbons (Fsp3) is 0.167. The molecule has 33 heavy (non-hydrogen) atoms. The van der Waals surface area contributed by atoms with Gasteiger partial charge in [0, 0.05) is 29.0 Å². The van der Waals surface area contributed by atoms with Crippen molar-refractivity contribution in [1.29, 1.82) is 0 Å². The zero-order valence-corrected chi connectivity index (χ0v) is 17.9. The van der Waals surface area contributed by atoms with Crippen LogP contribution < -0.4 is 20.7 Å². The molecule has 0 radical (unpaired) electrons. The Labute approximate surface area is 186 Å². The van der Waals surface area contributed by atoms with Gasteiger partial charge < -0.3 is 18.3 Å². The van der Waals surface area contributed by atoms with Crippen molar-refractivity contribution in [1.82, 2.24) is 15.0 Å². The Kier molecular flexibility index (Phi) is 5.14. The highest BCUT2D eigenvalue weighted by atomic mass is 16.5. The first-order chi connectivity index (χ1) is 16.0. The number of methoxy groups -OCH3 is 1. The molecule has 9 heteroatoms. The molecule has 0 saturated heterocycles. The number of rotatable bonds is 6. The highest BCUT2D eigenvalue weighted by Crippen LogP contribution is 2.24. The quantitative estimate of drug-likeness (QED) is 0.366. The van der Waals surface area contributed by atoms with E-state index in [1.165, 1.54) is 12.1 Å². The molecule has 2 aromatic carbocycles. The predicted molar refractivity (Wildman–Crippen MR) is 120 cm³/mol. The van der Waals surface area contributed by atoms with Crippen LogP contribution in [0.3, 0.4) is 0 Å². The largest absolute Gasteiger partial charge is 0.497 e. The van der Waals surface area contributed by atoms with Crippen LogP contribution in [0.25, 0.3) is 21.9 Å². The maximum Gasteiger partial charge on any atom is 0.336 e. The lowest BCUT2D eigenvalue weighted by atomic mass is 10.1. The molecule has 9 nitrogen and oxygen atoms in total. The van der Waals surface area contributed by atoms with E-state index in [4.69, 9.17) is 18.3 Å². The second kappa shape index (κ2) is 8.27. The number of fused-ring (bicyclic) bond motifs is 2. The van der Waals surface area contributed by atoms with Crippen LogP contribution in [0.2, 0.25) is 0 Å². The van der Waals surface area contributed by atoms with Gasteiger partial charge in [-0.1, -0.05) is 5.21 Å². The van der Waals surface area contributed by atoms with Gasteiger partial charge in [-0.05, 0) is 48.4 Å². The lowest BCUT2D eigenvalue weighted by Gasteiger charge is -2.07. The third kappa shape index (κ3) is 4.20. The maximum atomic E-state index is 12.0. The van der Waals surface area contributed by atoms with E-state index in [-0.39, 0.29) is 6.61 Å². The van der Waals surface area contributed by atoms with Crippen molar-refractivity contribution in [2.24, 2.45) is 0 Å². The lowest BCUT2D eigenvalue weighted by molar-refractivity contribution is 0.301. The number of aryl methyl sites for hydroxylation is 1. The molecule has 3 heterocycles. The van der Waals surface area contributed by atoms with E-state index in [0.717, 1.165) is 21.9 Å². The van der Waals surface area contributed by atoms with Gasteiger partial charge in [0.05, 0.1) is 19.9 Å². The smallest absolute Gasteiger partial charge is 0.336 e. The third-order valence-corrected chi connectivity index (χ3v) is 5.26. The number of benzene rings is 2. The molecule has 0 aliphatic rings. The summed E-state index contributed by atoms with van der Waals surface area (Å²) >= 11 is 0. The summed E-state index contributed by atoms with van der Waals surface area (Å²) in [6.07, 6.45) is 1.74. The van der Waals surface area contributed by atoms with E-state index in [2.05, 4.69) is 10.3 Å². The summed E-state index contributed by atoms with van der Waals surface area (Å²) in [5.41, 5.74) is 2.27. The zero-order chi connectivity index (χ0) is 22.9. The molecule has 0 spiro atoms. The lowest BCUT2D eigenvalue weighted by Crippen LogP contribution is -2.06. The van der Waals surface area contributed by atoms with Gasteiger partial charge in [-0.2, -0.15) is 0 Å². The Morgan fingerprint density at radius 1 is 0.909 bits per heavy atom. The summed E-state index contributed by atoms with van der Waals surface area (Å²) in [4.78, 5) is 23.6. The normalized spacial score (nSPS) is 11.2. The van der Waals surface area contributed by atoms with Crippen LogP contribution in [0.15, 0.2) is 73.2 Å². The average molecular weight is 445 g/mol. The average Bonchev–Trinajstić information content (AvgIpc) is 3.24. The van der Waals surface area contributed by atoms with E-state index in [1.54, 1.807) is 36.2 Å². The zero-order valence-electron chi connectivity index (χ0n) is 17.9. The Bertz CT molecular complexity index is 1600. The second-order valence-corrected chi connectivity index (χ2v) is 7.56. The molecule has 0 amide bonds. The van der Waals surface area contributed by atoms with Crippen molar-refractivity contribution in [3.05, 3.63) is 92.4 Å². The van der Waals surface area contributed by atoms with Gasteiger partial charge in [0.1, 0.15) is 35.0 Å². The molecule has 0 bridgehead atoms. The van der Waals surface area contributed by atoms with Crippen molar-refractivity contribution in [3.63, 3.8) is 0 Å². The Hall–Kier alpha value is -4.40. The standard InChI is InChI=1S/C24H19N3O6/c1-14-7-23(28)33-22-10-18(3-5-19(14)22)31-13-16-12-27(26-25-16)11-15-8-24(29)32-21-6-4-17(30-2)9-20(15)21/h3-10,12H,11,13H2,1-2H3. The van der Waals surface area contributed by atoms with Crippen LogP contribution >= 0.6 is 0 Å². The van der Waals surface area contributed by atoms with Crippen LogP contribution in [0.4, 0.5) is 0 Å². The Morgan fingerprint density at radius 2 is 1.70 bits per heavy atom. The molecule has 0 fully saturated rings. The van der Waals surface area contributed by atoms with Crippen molar-refractivity contribution in [2.45, 2.75) is 20.1 Å². The molecule has 0 aliphatic carbocycles. The van der Waals surface area contributed by atoms with E-state index in [9.17, 15) is 9.59 Å². The van der Waals surface area contributed by atoms with Crippen LogP contribution in [0.1, 0.15) is 16.8 Å². The minimum atomic E-state index is -0.440. The number of hydrogen-bond donors (Lipinski definition) is 0. The summed E-state index contributed by atoms with van der Waals surface area (Å²) < 4.78 is 23.2. The van der Waals surface area contributed by atoms with Gasteiger partial charge >= 0.3 is 11.3 Å². The van der Waals surface area contributed by atoms with Gasteiger partial charge in [-0.25, -0.2) is 14.3 Å². The minimum absolute atomic E-state index is 0.174. The predicted octanol–water partition coefficient (Wildman–Crippen LogP) is 3.44. The number of aromatic nitrogens is 3. The first kappa shape index (κ1) is 20.5. The SMILES string of the molecule is COc1ccc2oc(=O)cc(Cn3cc(COc4ccc5c(C)cc(=O)oc5c4)nn3)c2c1. The molecule has 3 aromatic heterocycles. The van der Waals surface area contributed by atoms with Gasteiger partial charge in [-0.15, -0.1) is 5.10 Å². The van der Waals surface area contributed by atoms with Gasteiger partial charge in [0.2, 0.25) is 0 Å². The summed E-state index contributed by atoms with van der Waals surface area (Å²) in [6, 6.07) is 13.5. The fourth-order valence-corrected chi connectivity index (χ4v) is 3.67. The molecule has 0 saturated carbocycles.